The summed E-state index contributed by atoms with van der Waals surface area (Å²) in [6.07, 6.45) is -0.398. The molecule has 1 atom stereocenters. The van der Waals surface area contributed by atoms with Crippen LogP contribution in [0.5, 0.6) is 0 Å². The molecule has 0 unspecified atom stereocenters. The maximum absolute atomic E-state index is 11.9. The summed E-state index contributed by atoms with van der Waals surface area (Å²) >= 11 is 0. The van der Waals surface area contributed by atoms with E-state index in [0.717, 1.165) is 17.9 Å². The second kappa shape index (κ2) is 6.07. The zero-order valence-corrected chi connectivity index (χ0v) is 12.1. The van der Waals surface area contributed by atoms with Crippen LogP contribution in [0, 0.1) is 18.3 Å². The third-order valence-electron chi connectivity index (χ3n) is 3.45. The van der Waals surface area contributed by atoms with Crippen LogP contribution in [0.1, 0.15) is 17.0 Å². The molecule has 2 rings (SSSR count). The number of nitriles is 1. The SMILES string of the molecule is Cc1[nH]c(CN2CCO[C@@H](C(=O)N(C)C)C2)cc1C#N. The highest BCUT2D eigenvalue weighted by Crippen LogP contribution is 2.14. The van der Waals surface area contributed by atoms with E-state index in [4.69, 9.17) is 10.00 Å². The van der Waals surface area contributed by atoms with Gasteiger partial charge in [0.05, 0.1) is 12.2 Å². The Kier molecular flexibility index (Phi) is 4.42. The summed E-state index contributed by atoms with van der Waals surface area (Å²) in [7, 11) is 3.47. The van der Waals surface area contributed by atoms with Gasteiger partial charge in [-0.15, -0.1) is 0 Å². The first-order chi connectivity index (χ1) is 9.51. The number of aromatic amines is 1. The molecule has 6 nitrogen and oxygen atoms in total. The minimum atomic E-state index is -0.398. The molecule has 0 saturated carbocycles. The van der Waals surface area contributed by atoms with Crippen LogP contribution in [0.4, 0.5) is 0 Å². The molecule has 0 bridgehead atoms. The van der Waals surface area contributed by atoms with Crippen molar-refractivity contribution in [1.29, 1.82) is 5.26 Å². The number of carbonyl (C=O) groups excluding carboxylic acids is 1. The first kappa shape index (κ1) is 14.6. The van der Waals surface area contributed by atoms with E-state index in [2.05, 4.69) is 16.0 Å². The zero-order valence-electron chi connectivity index (χ0n) is 12.1. The molecule has 1 aromatic rings. The van der Waals surface area contributed by atoms with Crippen molar-refractivity contribution in [2.45, 2.75) is 19.6 Å². The maximum atomic E-state index is 11.9. The van der Waals surface area contributed by atoms with Crippen molar-refractivity contribution in [2.75, 3.05) is 33.8 Å². The molecule has 1 amide bonds. The van der Waals surface area contributed by atoms with E-state index >= 15 is 0 Å². The van der Waals surface area contributed by atoms with E-state index < -0.39 is 6.10 Å². The lowest BCUT2D eigenvalue weighted by atomic mass is 10.2. The molecule has 1 saturated heterocycles. The molecule has 0 aromatic carbocycles. The van der Waals surface area contributed by atoms with Gasteiger partial charge in [0.15, 0.2) is 0 Å². The van der Waals surface area contributed by atoms with Gasteiger partial charge in [-0.3, -0.25) is 9.69 Å². The van der Waals surface area contributed by atoms with Crippen molar-refractivity contribution in [1.82, 2.24) is 14.8 Å². The Morgan fingerprint density at radius 2 is 2.40 bits per heavy atom. The Hall–Kier alpha value is -1.84. The molecule has 2 heterocycles. The van der Waals surface area contributed by atoms with Crippen molar-refractivity contribution >= 4 is 5.91 Å². The predicted octanol–water partition coefficient (Wildman–Crippen LogP) is 0.484. The Morgan fingerprint density at radius 3 is 3.00 bits per heavy atom. The molecule has 0 spiro atoms. The van der Waals surface area contributed by atoms with Crippen LogP contribution in [-0.4, -0.2) is 60.6 Å². The van der Waals surface area contributed by atoms with Gasteiger partial charge < -0.3 is 14.6 Å². The van der Waals surface area contributed by atoms with E-state index in [1.807, 2.05) is 13.0 Å². The quantitative estimate of drug-likeness (QED) is 0.872. The summed E-state index contributed by atoms with van der Waals surface area (Å²) in [5, 5.41) is 8.96. The van der Waals surface area contributed by atoms with Crippen LogP contribution in [-0.2, 0) is 16.1 Å². The van der Waals surface area contributed by atoms with Crippen molar-refractivity contribution in [3.8, 4) is 6.07 Å². The first-order valence-corrected chi connectivity index (χ1v) is 6.65. The smallest absolute Gasteiger partial charge is 0.252 e. The molecular formula is C14H20N4O2. The van der Waals surface area contributed by atoms with Gasteiger partial charge in [-0.05, 0) is 13.0 Å². The summed E-state index contributed by atoms with van der Waals surface area (Å²) in [5.41, 5.74) is 2.56. The van der Waals surface area contributed by atoms with Crippen molar-refractivity contribution < 1.29 is 9.53 Å². The number of ether oxygens (including phenoxy) is 1. The summed E-state index contributed by atoms with van der Waals surface area (Å²) in [5.74, 6) is -0.00456. The lowest BCUT2D eigenvalue weighted by Gasteiger charge is -2.32. The molecule has 1 aliphatic heterocycles. The van der Waals surface area contributed by atoms with Crippen molar-refractivity contribution in [3.63, 3.8) is 0 Å². The number of aromatic nitrogens is 1. The fraction of sp³-hybridized carbons (Fsp3) is 0.571. The predicted molar refractivity (Wildman–Crippen MR) is 74.0 cm³/mol. The summed E-state index contributed by atoms with van der Waals surface area (Å²) in [4.78, 5) is 18.9. The van der Waals surface area contributed by atoms with Crippen LogP contribution in [0.15, 0.2) is 6.07 Å². The molecule has 0 radical (unpaired) electrons. The van der Waals surface area contributed by atoms with Gasteiger partial charge in [-0.1, -0.05) is 0 Å². The molecule has 20 heavy (non-hydrogen) atoms. The second-order valence-corrected chi connectivity index (χ2v) is 5.27. The highest BCUT2D eigenvalue weighted by Gasteiger charge is 2.27. The standard InChI is InChI=1S/C14H20N4O2/c1-10-11(7-15)6-12(16-10)8-18-4-5-20-13(9-18)14(19)17(2)3/h6,13,16H,4-5,8-9H2,1-3H3/t13-/m1/s1. The third kappa shape index (κ3) is 3.18. The highest BCUT2D eigenvalue weighted by atomic mass is 16.5. The fourth-order valence-electron chi connectivity index (χ4n) is 2.35. The number of amides is 1. The number of morpholine rings is 1. The molecule has 1 aromatic heterocycles. The number of nitrogens with zero attached hydrogens (tertiary/aromatic N) is 3. The largest absolute Gasteiger partial charge is 0.366 e. The lowest BCUT2D eigenvalue weighted by molar-refractivity contribution is -0.147. The number of nitrogens with one attached hydrogen (secondary N) is 1. The number of carbonyl (C=O) groups is 1. The molecule has 1 aliphatic rings. The minimum absolute atomic E-state index is 0.00456. The number of rotatable bonds is 3. The Morgan fingerprint density at radius 1 is 1.65 bits per heavy atom. The monoisotopic (exact) mass is 276 g/mol. The third-order valence-corrected chi connectivity index (χ3v) is 3.45. The second-order valence-electron chi connectivity index (χ2n) is 5.27. The van der Waals surface area contributed by atoms with E-state index in [0.29, 0.717) is 25.3 Å². The highest BCUT2D eigenvalue weighted by molar-refractivity contribution is 5.80. The van der Waals surface area contributed by atoms with E-state index in [1.165, 1.54) is 0 Å². The van der Waals surface area contributed by atoms with Crippen LogP contribution >= 0.6 is 0 Å². The summed E-state index contributed by atoms with van der Waals surface area (Å²) in [6, 6.07) is 4.03. The molecule has 108 valence electrons. The van der Waals surface area contributed by atoms with Crippen LogP contribution in [0.2, 0.25) is 0 Å². The van der Waals surface area contributed by atoms with Crippen molar-refractivity contribution in [2.24, 2.45) is 0 Å². The Bertz CT molecular complexity index is 530. The summed E-state index contributed by atoms with van der Waals surface area (Å²) < 4.78 is 5.52. The molecule has 1 N–H and O–H groups in total. The number of likely N-dealkylation sites (N-methyl/N-ethyl adjacent to an activating group) is 1. The van der Waals surface area contributed by atoms with Gasteiger partial charge in [0.1, 0.15) is 12.2 Å². The first-order valence-electron chi connectivity index (χ1n) is 6.65. The van der Waals surface area contributed by atoms with Gasteiger partial charge in [0, 0.05) is 45.1 Å². The maximum Gasteiger partial charge on any atom is 0.252 e. The van der Waals surface area contributed by atoms with E-state index in [1.54, 1.807) is 19.0 Å². The zero-order chi connectivity index (χ0) is 14.7. The van der Waals surface area contributed by atoms with Crippen molar-refractivity contribution in [3.05, 3.63) is 23.0 Å². The fourth-order valence-corrected chi connectivity index (χ4v) is 2.35. The Labute approximate surface area is 118 Å². The number of hydrogen-bond donors (Lipinski definition) is 1. The molecule has 1 fully saturated rings. The average Bonchev–Trinajstić information content (AvgIpc) is 2.78. The summed E-state index contributed by atoms with van der Waals surface area (Å²) in [6.45, 7) is 4.51. The number of hydrogen-bond acceptors (Lipinski definition) is 4. The number of aryl methyl sites for hydroxylation is 1. The number of H-pyrrole nitrogens is 1. The van der Waals surface area contributed by atoms with Gasteiger partial charge in [-0.25, -0.2) is 0 Å². The normalized spacial score (nSPS) is 19.6. The average molecular weight is 276 g/mol. The molecule has 6 heteroatoms. The molecule has 0 aliphatic carbocycles. The van der Waals surface area contributed by atoms with E-state index in [-0.39, 0.29) is 5.91 Å². The van der Waals surface area contributed by atoms with Crippen LogP contribution in [0.3, 0.4) is 0 Å². The van der Waals surface area contributed by atoms with Crippen LogP contribution < -0.4 is 0 Å². The van der Waals surface area contributed by atoms with Gasteiger partial charge in [0.2, 0.25) is 0 Å². The van der Waals surface area contributed by atoms with Gasteiger partial charge in [0.25, 0.3) is 5.91 Å². The topological polar surface area (TPSA) is 72.4 Å². The van der Waals surface area contributed by atoms with Gasteiger partial charge >= 0.3 is 0 Å². The van der Waals surface area contributed by atoms with Crippen LogP contribution in [0.25, 0.3) is 0 Å². The lowest BCUT2D eigenvalue weighted by Crippen LogP contribution is -2.49. The van der Waals surface area contributed by atoms with Gasteiger partial charge in [-0.2, -0.15) is 5.26 Å². The minimum Gasteiger partial charge on any atom is -0.366 e. The van der Waals surface area contributed by atoms with E-state index in [9.17, 15) is 4.79 Å². The Balaban J connectivity index is 1.99. The molecular weight excluding hydrogens is 256 g/mol.